The molecule has 4 heteroatoms. The lowest BCUT2D eigenvalue weighted by atomic mass is 9.59. The number of anilines is 2. The second kappa shape index (κ2) is 15.1. The van der Waals surface area contributed by atoms with Crippen molar-refractivity contribution in [2.45, 2.75) is 22.1 Å². The van der Waals surface area contributed by atoms with Gasteiger partial charge in [0.05, 0.1) is 22.1 Å². The lowest BCUT2D eigenvalue weighted by Crippen LogP contribution is -2.36. The van der Waals surface area contributed by atoms with Crippen LogP contribution in [0.5, 0.6) is 0 Å². The second-order valence-electron chi connectivity index (χ2n) is 18.0. The van der Waals surface area contributed by atoms with Gasteiger partial charge in [-0.2, -0.15) is 0 Å². The lowest BCUT2D eigenvalue weighted by Gasteiger charge is -2.46. The van der Waals surface area contributed by atoms with E-state index in [9.17, 15) is 0 Å². The van der Waals surface area contributed by atoms with Crippen LogP contribution in [-0.2, 0) is 5.41 Å². The van der Waals surface area contributed by atoms with Crippen molar-refractivity contribution in [3.63, 3.8) is 0 Å². The number of allylic oxidation sites excluding steroid dienone is 2. The number of para-hydroxylation sites is 1. The number of hydrogen-bond donors (Lipinski definition) is 0. The zero-order valence-corrected chi connectivity index (χ0v) is 38.9. The first-order valence-electron chi connectivity index (χ1n) is 23.3. The monoisotopic (exact) mass is 902 g/mol. The van der Waals surface area contributed by atoms with Crippen LogP contribution in [-0.4, -0.2) is 4.57 Å². The van der Waals surface area contributed by atoms with Crippen LogP contribution in [0, 0.1) is 0 Å². The molecule has 0 N–H and O–H groups in total. The summed E-state index contributed by atoms with van der Waals surface area (Å²) in [7, 11) is 0. The van der Waals surface area contributed by atoms with Crippen molar-refractivity contribution in [1.82, 2.24) is 4.57 Å². The molecule has 0 amide bonds. The molecule has 0 bridgehead atoms. The van der Waals surface area contributed by atoms with Gasteiger partial charge in [-0.15, -0.1) is 11.3 Å². The molecule has 14 rings (SSSR count). The lowest BCUT2D eigenvalue weighted by molar-refractivity contribution is 0.707. The normalized spacial score (nSPS) is 15.4. The molecule has 2 aliphatic rings. The van der Waals surface area contributed by atoms with Crippen LogP contribution in [0.2, 0.25) is 0 Å². The highest BCUT2D eigenvalue weighted by molar-refractivity contribution is 7.99. The molecule has 1 aliphatic heterocycles. The molecule has 0 fully saturated rings. The van der Waals surface area contributed by atoms with Gasteiger partial charge in [0.15, 0.2) is 0 Å². The Balaban J connectivity index is 1.03. The Morgan fingerprint density at radius 3 is 2.03 bits per heavy atom. The zero-order chi connectivity index (χ0) is 45.1. The molecular weight excluding hydrogens is 861 g/mol. The number of benzene rings is 10. The average Bonchev–Trinajstić information content (AvgIpc) is 3.89. The number of nitrogens with zero attached hydrogens (tertiary/aromatic N) is 2. The van der Waals surface area contributed by atoms with E-state index >= 15 is 0 Å². The number of aromatic nitrogens is 1. The summed E-state index contributed by atoms with van der Waals surface area (Å²) in [5.41, 5.74) is 14.2. The summed E-state index contributed by atoms with van der Waals surface area (Å²) in [5, 5.41) is 9.75. The van der Waals surface area contributed by atoms with Gasteiger partial charge in [-0.05, 0) is 128 Å². The first-order valence-corrected chi connectivity index (χ1v) is 24.9. The van der Waals surface area contributed by atoms with Gasteiger partial charge in [-0.1, -0.05) is 182 Å². The second-order valence-corrected chi connectivity index (χ2v) is 20.1. The van der Waals surface area contributed by atoms with E-state index in [2.05, 4.69) is 247 Å². The van der Waals surface area contributed by atoms with Crippen molar-refractivity contribution in [3.8, 4) is 16.8 Å². The maximum atomic E-state index is 4.63. The van der Waals surface area contributed by atoms with Crippen LogP contribution < -0.4 is 14.7 Å². The topological polar surface area (TPSA) is 8.17 Å². The Bertz CT molecular complexity index is 4240. The highest BCUT2D eigenvalue weighted by atomic mass is 32.2. The van der Waals surface area contributed by atoms with E-state index in [0.717, 1.165) is 26.8 Å². The average molecular weight is 903 g/mol. The fourth-order valence-corrected chi connectivity index (χ4v) is 14.0. The Morgan fingerprint density at radius 1 is 0.515 bits per heavy atom. The Morgan fingerprint density at radius 2 is 1.15 bits per heavy atom. The Kier molecular flexibility index (Phi) is 8.70. The van der Waals surface area contributed by atoms with Crippen molar-refractivity contribution in [2.24, 2.45) is 0 Å². The molecule has 2 aromatic heterocycles. The third kappa shape index (κ3) is 5.53. The minimum absolute atomic E-state index is 0.525. The molecule has 1 aliphatic carbocycles. The molecule has 0 radical (unpaired) electrons. The van der Waals surface area contributed by atoms with Gasteiger partial charge in [0.1, 0.15) is 0 Å². The van der Waals surface area contributed by atoms with Crippen molar-refractivity contribution >= 4 is 101 Å². The van der Waals surface area contributed by atoms with Crippen molar-refractivity contribution < 1.29 is 0 Å². The van der Waals surface area contributed by atoms with E-state index in [1.165, 1.54) is 102 Å². The van der Waals surface area contributed by atoms with E-state index in [1.54, 1.807) is 11.3 Å². The molecule has 2 nitrogen and oxygen atoms in total. The molecule has 0 saturated carbocycles. The zero-order valence-electron chi connectivity index (χ0n) is 37.3. The number of fused-ring (bicyclic) bond motifs is 13. The van der Waals surface area contributed by atoms with Crippen LogP contribution in [0.15, 0.2) is 234 Å². The first kappa shape index (κ1) is 39.3. The quantitative estimate of drug-likeness (QED) is 0.170. The molecule has 1 spiro atoms. The highest BCUT2D eigenvalue weighted by Gasteiger charge is 2.48. The van der Waals surface area contributed by atoms with E-state index in [4.69, 9.17) is 0 Å². The fourth-order valence-electron chi connectivity index (χ4n) is 11.7. The number of rotatable bonds is 5. The van der Waals surface area contributed by atoms with E-state index in [-0.39, 0.29) is 0 Å². The smallest absolute Gasteiger partial charge is 0.0735 e. The van der Waals surface area contributed by atoms with Crippen molar-refractivity contribution in [3.05, 3.63) is 256 Å². The van der Waals surface area contributed by atoms with E-state index in [1.807, 2.05) is 11.8 Å². The molecule has 12 aromatic rings. The van der Waals surface area contributed by atoms with Gasteiger partial charge in [-0.25, -0.2) is 0 Å². The maximum Gasteiger partial charge on any atom is 0.0735 e. The largest absolute Gasteiger partial charge is 0.311 e. The summed E-state index contributed by atoms with van der Waals surface area (Å²) in [5.74, 6) is 0. The third-order valence-electron chi connectivity index (χ3n) is 14.6. The Labute approximate surface area is 402 Å². The first-order chi connectivity index (χ1) is 33.6. The summed E-state index contributed by atoms with van der Waals surface area (Å²) in [6, 6.07) is 79.1. The standard InChI is InChI=1S/C64H42N2S2/c1-3-43(38-61-40(2)46-21-8-12-31-59(46)67-61)65(44-34-36-58-51(37-44)49-24-7-11-29-57(49)66(58)56-30-16-18-41-17-4-5-22-47(41)56)45-33-35-54-62(39-45)68-60-32-13-10-27-53(60)64(54)52-26-9-6-23-48(52)50-25-14-19-42-20-15-28-55(64)63(42)50/h3-39H,2H2,1H3/b43-3+,61-38+. The molecule has 0 saturated heterocycles. The van der Waals surface area contributed by atoms with Gasteiger partial charge < -0.3 is 9.47 Å². The number of hydrogen-bond acceptors (Lipinski definition) is 3. The van der Waals surface area contributed by atoms with E-state index in [0.29, 0.717) is 0 Å². The molecular formula is C64H42N2S2. The predicted molar refractivity (Wildman–Crippen MR) is 291 cm³/mol. The molecule has 1 atom stereocenters. The van der Waals surface area contributed by atoms with E-state index < -0.39 is 5.41 Å². The molecule has 68 heavy (non-hydrogen) atoms. The minimum Gasteiger partial charge on any atom is -0.311 e. The maximum absolute atomic E-state index is 4.63. The van der Waals surface area contributed by atoms with Crippen molar-refractivity contribution in [1.29, 1.82) is 0 Å². The van der Waals surface area contributed by atoms with Gasteiger partial charge in [-0.3, -0.25) is 0 Å². The van der Waals surface area contributed by atoms with Crippen LogP contribution in [0.1, 0.15) is 29.2 Å². The minimum atomic E-state index is -0.525. The summed E-state index contributed by atoms with van der Waals surface area (Å²) >= 11 is 3.69. The molecule has 10 aromatic carbocycles. The third-order valence-corrected chi connectivity index (χ3v) is 16.8. The SMILES string of the molecule is C=c1/c(=C\C(=C/C)N(c2ccc3c(c2)Sc2ccccc2C32c3ccccc3-c3cccc4cccc2c34)c2ccc3c(c2)c2ccccc2n3-c2cccc3ccccc23)sc2ccccc12. The Hall–Kier alpha value is -7.89. The molecule has 3 heterocycles. The fraction of sp³-hybridized carbons (Fsp3) is 0.0312. The summed E-state index contributed by atoms with van der Waals surface area (Å²) in [4.78, 5) is 5.00. The van der Waals surface area contributed by atoms with Crippen molar-refractivity contribution in [2.75, 3.05) is 4.90 Å². The van der Waals surface area contributed by atoms with Crippen LogP contribution in [0.3, 0.4) is 0 Å². The number of thiophene rings is 1. The predicted octanol–water partition coefficient (Wildman–Crippen LogP) is 16.1. The van der Waals surface area contributed by atoms with Crippen LogP contribution in [0.25, 0.3) is 82.9 Å². The molecule has 1 unspecified atom stereocenters. The summed E-state index contributed by atoms with van der Waals surface area (Å²) in [6.07, 6.45) is 4.60. The highest BCUT2D eigenvalue weighted by Crippen LogP contribution is 2.61. The van der Waals surface area contributed by atoms with Crippen LogP contribution in [0.4, 0.5) is 11.4 Å². The van der Waals surface area contributed by atoms with Gasteiger partial charge >= 0.3 is 0 Å². The molecule has 320 valence electrons. The summed E-state index contributed by atoms with van der Waals surface area (Å²) < 4.78 is 4.85. The van der Waals surface area contributed by atoms with Gasteiger partial charge in [0, 0.05) is 52.3 Å². The van der Waals surface area contributed by atoms with Gasteiger partial charge in [0.25, 0.3) is 0 Å². The van der Waals surface area contributed by atoms with Crippen LogP contribution >= 0.6 is 23.1 Å². The van der Waals surface area contributed by atoms with Gasteiger partial charge in [0.2, 0.25) is 0 Å². The summed E-state index contributed by atoms with van der Waals surface area (Å²) in [6.45, 7) is 6.80.